The smallest absolute Gasteiger partial charge is 0.0650 e. The number of nitrogens with zero attached hydrogens (tertiary/aromatic N) is 1. The molecule has 2 aromatic carbocycles. The molecule has 0 saturated heterocycles. The molecule has 22 heavy (non-hydrogen) atoms. The SMILES string of the molecule is c1cc(NCc2cccc3cc[nH]c23)cc(-c2ccn[nH]2)c1. The Hall–Kier alpha value is -3.01. The second-order valence-corrected chi connectivity index (χ2v) is 5.26. The molecule has 0 amide bonds. The highest BCUT2D eigenvalue weighted by atomic mass is 15.1. The Morgan fingerprint density at radius 2 is 1.95 bits per heavy atom. The number of rotatable bonds is 4. The number of anilines is 1. The van der Waals surface area contributed by atoms with Gasteiger partial charge in [0.25, 0.3) is 0 Å². The number of fused-ring (bicyclic) bond motifs is 1. The van der Waals surface area contributed by atoms with Gasteiger partial charge in [-0.3, -0.25) is 5.10 Å². The van der Waals surface area contributed by atoms with Crippen molar-refractivity contribution in [2.75, 3.05) is 5.32 Å². The largest absolute Gasteiger partial charge is 0.381 e. The van der Waals surface area contributed by atoms with Crippen LogP contribution in [0.3, 0.4) is 0 Å². The Morgan fingerprint density at radius 3 is 2.86 bits per heavy atom. The van der Waals surface area contributed by atoms with Gasteiger partial charge < -0.3 is 10.3 Å². The molecule has 0 atom stereocenters. The van der Waals surface area contributed by atoms with Gasteiger partial charge >= 0.3 is 0 Å². The first-order valence-corrected chi connectivity index (χ1v) is 7.29. The van der Waals surface area contributed by atoms with Gasteiger partial charge in [0.2, 0.25) is 0 Å². The van der Waals surface area contributed by atoms with Crippen molar-refractivity contribution in [2.24, 2.45) is 0 Å². The number of hydrogen-bond acceptors (Lipinski definition) is 2. The molecule has 2 heterocycles. The number of benzene rings is 2. The summed E-state index contributed by atoms with van der Waals surface area (Å²) < 4.78 is 0. The van der Waals surface area contributed by atoms with Gasteiger partial charge in [-0.1, -0.05) is 30.3 Å². The van der Waals surface area contributed by atoms with Gasteiger partial charge in [-0.15, -0.1) is 0 Å². The molecule has 0 aliphatic carbocycles. The van der Waals surface area contributed by atoms with Gasteiger partial charge in [-0.2, -0.15) is 5.10 Å². The van der Waals surface area contributed by atoms with Crippen molar-refractivity contribution in [1.82, 2.24) is 15.2 Å². The monoisotopic (exact) mass is 288 g/mol. The summed E-state index contributed by atoms with van der Waals surface area (Å²) >= 11 is 0. The molecule has 0 unspecified atom stereocenters. The molecule has 0 aliphatic rings. The highest BCUT2D eigenvalue weighted by Crippen LogP contribution is 2.22. The zero-order valence-corrected chi connectivity index (χ0v) is 12.0. The normalized spacial score (nSPS) is 10.9. The van der Waals surface area contributed by atoms with Gasteiger partial charge in [0.05, 0.1) is 11.2 Å². The molecule has 4 nitrogen and oxygen atoms in total. The van der Waals surface area contributed by atoms with Crippen LogP contribution in [0.15, 0.2) is 67.0 Å². The van der Waals surface area contributed by atoms with E-state index < -0.39 is 0 Å². The van der Waals surface area contributed by atoms with Crippen LogP contribution in [0.2, 0.25) is 0 Å². The summed E-state index contributed by atoms with van der Waals surface area (Å²) in [7, 11) is 0. The van der Waals surface area contributed by atoms with E-state index in [4.69, 9.17) is 0 Å². The maximum absolute atomic E-state index is 4.00. The lowest BCUT2D eigenvalue weighted by Crippen LogP contribution is -2.00. The van der Waals surface area contributed by atoms with E-state index in [1.807, 2.05) is 18.3 Å². The number of nitrogens with one attached hydrogen (secondary N) is 3. The standard InChI is InChI=1S/C18H16N4/c1-3-13-7-9-19-18(13)15(5-1)12-20-16-6-2-4-14(11-16)17-8-10-21-22-17/h1-11,19-20H,12H2,(H,21,22). The molecule has 4 heteroatoms. The fourth-order valence-corrected chi connectivity index (χ4v) is 2.71. The molecule has 3 N–H and O–H groups in total. The Kier molecular flexibility index (Phi) is 3.12. The third kappa shape index (κ3) is 2.35. The first-order chi connectivity index (χ1) is 10.9. The third-order valence-corrected chi connectivity index (χ3v) is 3.83. The first-order valence-electron chi connectivity index (χ1n) is 7.29. The molecule has 0 saturated carbocycles. The molecular formula is C18H16N4. The van der Waals surface area contributed by atoms with Gasteiger partial charge in [-0.05, 0) is 35.2 Å². The van der Waals surface area contributed by atoms with E-state index in [1.165, 1.54) is 16.5 Å². The van der Waals surface area contributed by atoms with Crippen LogP contribution in [0.1, 0.15) is 5.56 Å². The molecule has 0 fully saturated rings. The summed E-state index contributed by atoms with van der Waals surface area (Å²) in [6.07, 6.45) is 3.74. The summed E-state index contributed by atoms with van der Waals surface area (Å²) in [5.41, 5.74) is 5.69. The minimum absolute atomic E-state index is 0.782. The molecule has 108 valence electrons. The number of H-pyrrole nitrogens is 2. The quantitative estimate of drug-likeness (QED) is 0.528. The van der Waals surface area contributed by atoms with E-state index in [9.17, 15) is 0 Å². The minimum atomic E-state index is 0.782. The van der Waals surface area contributed by atoms with Crippen molar-refractivity contribution in [2.45, 2.75) is 6.54 Å². The molecule has 0 bridgehead atoms. The molecule has 0 spiro atoms. The van der Waals surface area contributed by atoms with Gasteiger partial charge in [0.15, 0.2) is 0 Å². The van der Waals surface area contributed by atoms with Crippen LogP contribution in [0, 0.1) is 0 Å². The Labute approximate surface area is 128 Å². The van der Waals surface area contributed by atoms with E-state index in [-0.39, 0.29) is 0 Å². The van der Waals surface area contributed by atoms with Crippen molar-refractivity contribution in [3.8, 4) is 11.3 Å². The van der Waals surface area contributed by atoms with Crippen LogP contribution in [0.4, 0.5) is 5.69 Å². The van der Waals surface area contributed by atoms with Crippen LogP contribution in [-0.2, 0) is 6.54 Å². The number of para-hydroxylation sites is 1. The lowest BCUT2D eigenvalue weighted by molar-refractivity contribution is 1.09. The lowest BCUT2D eigenvalue weighted by Gasteiger charge is -2.09. The zero-order valence-electron chi connectivity index (χ0n) is 12.0. The Morgan fingerprint density at radius 1 is 1.00 bits per heavy atom. The van der Waals surface area contributed by atoms with Crippen LogP contribution < -0.4 is 5.32 Å². The molecule has 4 aromatic rings. The number of hydrogen-bond donors (Lipinski definition) is 3. The second-order valence-electron chi connectivity index (χ2n) is 5.26. The third-order valence-electron chi connectivity index (χ3n) is 3.83. The molecule has 2 aromatic heterocycles. The number of aromatic amines is 2. The van der Waals surface area contributed by atoms with E-state index in [0.29, 0.717) is 0 Å². The van der Waals surface area contributed by atoms with Crippen molar-refractivity contribution in [3.63, 3.8) is 0 Å². The van der Waals surface area contributed by atoms with Gasteiger partial charge in [0.1, 0.15) is 0 Å². The first kappa shape index (κ1) is 12.7. The summed E-state index contributed by atoms with van der Waals surface area (Å²) in [5.74, 6) is 0. The minimum Gasteiger partial charge on any atom is -0.381 e. The van der Waals surface area contributed by atoms with E-state index in [1.54, 1.807) is 6.20 Å². The predicted octanol–water partition coefficient (Wildman–Crippen LogP) is 4.17. The van der Waals surface area contributed by atoms with E-state index >= 15 is 0 Å². The highest BCUT2D eigenvalue weighted by molar-refractivity contribution is 5.82. The maximum atomic E-state index is 4.00. The lowest BCUT2D eigenvalue weighted by atomic mass is 10.1. The topological polar surface area (TPSA) is 56.5 Å². The number of aromatic nitrogens is 3. The summed E-state index contributed by atoms with van der Waals surface area (Å²) in [6, 6.07) is 18.7. The highest BCUT2D eigenvalue weighted by Gasteiger charge is 2.03. The molecule has 0 radical (unpaired) electrons. The summed E-state index contributed by atoms with van der Waals surface area (Å²) in [6.45, 7) is 0.782. The van der Waals surface area contributed by atoms with Gasteiger partial charge in [-0.25, -0.2) is 0 Å². The molecule has 0 aliphatic heterocycles. The van der Waals surface area contributed by atoms with Crippen LogP contribution in [-0.4, -0.2) is 15.2 Å². The van der Waals surface area contributed by atoms with Crippen LogP contribution in [0.25, 0.3) is 22.2 Å². The molecular weight excluding hydrogens is 272 g/mol. The summed E-state index contributed by atoms with van der Waals surface area (Å²) in [5, 5.41) is 11.7. The molecule has 4 rings (SSSR count). The average molecular weight is 288 g/mol. The van der Waals surface area contributed by atoms with Crippen molar-refractivity contribution < 1.29 is 0 Å². The Bertz CT molecular complexity index is 890. The van der Waals surface area contributed by atoms with E-state index in [0.717, 1.165) is 23.5 Å². The fraction of sp³-hybridized carbons (Fsp3) is 0.0556. The van der Waals surface area contributed by atoms with Gasteiger partial charge in [0, 0.05) is 30.2 Å². The van der Waals surface area contributed by atoms with E-state index in [2.05, 4.69) is 63.0 Å². The maximum Gasteiger partial charge on any atom is 0.0650 e. The average Bonchev–Trinajstić information content (AvgIpc) is 3.24. The van der Waals surface area contributed by atoms with Crippen LogP contribution >= 0.6 is 0 Å². The van der Waals surface area contributed by atoms with Crippen molar-refractivity contribution in [1.29, 1.82) is 0 Å². The summed E-state index contributed by atoms with van der Waals surface area (Å²) in [4.78, 5) is 3.30. The predicted molar refractivity (Wildman–Crippen MR) is 89.6 cm³/mol. The van der Waals surface area contributed by atoms with Crippen molar-refractivity contribution >= 4 is 16.6 Å². The fourth-order valence-electron chi connectivity index (χ4n) is 2.71. The van der Waals surface area contributed by atoms with Crippen LogP contribution in [0.5, 0.6) is 0 Å². The zero-order chi connectivity index (χ0) is 14.8. The second kappa shape index (κ2) is 5.41. The van der Waals surface area contributed by atoms with Crippen molar-refractivity contribution in [3.05, 3.63) is 72.6 Å². The Balaban J connectivity index is 1.57.